The number of aromatic nitrogens is 2. The van der Waals surface area contributed by atoms with Crippen LogP contribution in [0.4, 0.5) is 0 Å². The second-order valence-corrected chi connectivity index (χ2v) is 7.46. The van der Waals surface area contributed by atoms with Gasteiger partial charge in [0.25, 0.3) is 0 Å². The van der Waals surface area contributed by atoms with Gasteiger partial charge in [0.1, 0.15) is 5.75 Å². The molecule has 2 aromatic rings. The minimum Gasteiger partial charge on any atom is -0.436 e. The Bertz CT molecular complexity index is 575. The van der Waals surface area contributed by atoms with Gasteiger partial charge in [0.15, 0.2) is 0 Å². The molecule has 0 aliphatic heterocycles. The summed E-state index contributed by atoms with van der Waals surface area (Å²) in [6.45, 7) is 6.46. The smallest absolute Gasteiger partial charge is 0.238 e. The van der Waals surface area contributed by atoms with E-state index in [4.69, 9.17) is 16.3 Å². The minimum absolute atomic E-state index is 0.104. The number of thioether (sulfide) groups is 1. The van der Waals surface area contributed by atoms with Crippen LogP contribution in [0, 0.1) is 0 Å². The summed E-state index contributed by atoms with van der Waals surface area (Å²) in [6, 6.07) is 7.60. The first-order valence-electron chi connectivity index (χ1n) is 6.00. The van der Waals surface area contributed by atoms with Gasteiger partial charge in [0.05, 0.1) is 5.02 Å². The molecule has 19 heavy (non-hydrogen) atoms. The van der Waals surface area contributed by atoms with Gasteiger partial charge in [0.2, 0.25) is 5.88 Å². The molecular formula is C14H17ClN2OS. The molecule has 1 aromatic carbocycles. The van der Waals surface area contributed by atoms with E-state index in [-0.39, 0.29) is 4.75 Å². The Kier molecular flexibility index (Phi) is 4.11. The molecule has 0 spiro atoms. The summed E-state index contributed by atoms with van der Waals surface area (Å²) in [5, 5.41) is 4.81. The second-order valence-electron chi connectivity index (χ2n) is 5.21. The third-order valence-electron chi connectivity index (χ3n) is 2.25. The zero-order valence-electron chi connectivity index (χ0n) is 11.5. The van der Waals surface area contributed by atoms with Crippen molar-refractivity contribution in [2.24, 2.45) is 7.05 Å². The van der Waals surface area contributed by atoms with E-state index >= 15 is 0 Å². The van der Waals surface area contributed by atoms with Crippen molar-refractivity contribution in [2.75, 3.05) is 0 Å². The monoisotopic (exact) mass is 296 g/mol. The average molecular weight is 297 g/mol. The summed E-state index contributed by atoms with van der Waals surface area (Å²) in [5.74, 6) is 1.18. The lowest BCUT2D eigenvalue weighted by Crippen LogP contribution is -2.06. The summed E-state index contributed by atoms with van der Waals surface area (Å²) in [5.41, 5.74) is 0. The maximum absolute atomic E-state index is 6.39. The van der Waals surface area contributed by atoms with E-state index in [2.05, 4.69) is 25.9 Å². The highest BCUT2D eigenvalue weighted by atomic mass is 35.5. The number of aryl methyl sites for hydroxylation is 1. The van der Waals surface area contributed by atoms with E-state index in [0.29, 0.717) is 16.7 Å². The number of rotatable bonds is 3. The van der Waals surface area contributed by atoms with Crippen molar-refractivity contribution in [1.29, 1.82) is 0 Å². The predicted octanol–water partition coefficient (Wildman–Crippen LogP) is 4.76. The molecule has 0 aliphatic rings. The summed E-state index contributed by atoms with van der Waals surface area (Å²) >= 11 is 8.11. The number of hydrogen-bond acceptors (Lipinski definition) is 3. The lowest BCUT2D eigenvalue weighted by Gasteiger charge is -2.19. The number of hydrogen-bond donors (Lipinski definition) is 0. The fourth-order valence-corrected chi connectivity index (χ4v) is 2.82. The Morgan fingerprint density at radius 2 is 2.00 bits per heavy atom. The molecule has 0 unspecified atom stereocenters. The van der Waals surface area contributed by atoms with E-state index in [1.54, 1.807) is 22.5 Å². The van der Waals surface area contributed by atoms with Gasteiger partial charge in [-0.3, -0.25) is 4.68 Å². The van der Waals surface area contributed by atoms with Gasteiger partial charge in [-0.15, -0.1) is 16.9 Å². The first kappa shape index (κ1) is 14.3. The molecule has 0 aliphatic carbocycles. The maximum Gasteiger partial charge on any atom is 0.238 e. The van der Waals surface area contributed by atoms with E-state index in [9.17, 15) is 0 Å². The van der Waals surface area contributed by atoms with Crippen LogP contribution in [0.15, 0.2) is 35.4 Å². The van der Waals surface area contributed by atoms with Crippen molar-refractivity contribution >= 4 is 23.4 Å². The zero-order chi connectivity index (χ0) is 14.0. The summed E-state index contributed by atoms with van der Waals surface area (Å²) in [4.78, 5) is 1.02. The highest BCUT2D eigenvalue weighted by Gasteiger charge is 2.17. The minimum atomic E-state index is 0.104. The molecule has 5 heteroatoms. The van der Waals surface area contributed by atoms with Gasteiger partial charge in [-0.25, -0.2) is 0 Å². The predicted molar refractivity (Wildman–Crippen MR) is 80.3 cm³/mol. The van der Waals surface area contributed by atoms with E-state index < -0.39 is 0 Å². The first-order chi connectivity index (χ1) is 8.85. The van der Waals surface area contributed by atoms with Crippen LogP contribution in [0.5, 0.6) is 11.6 Å². The SMILES string of the molecule is Cn1ccc(Oc2cccc(SC(C)(C)C)c2Cl)n1. The largest absolute Gasteiger partial charge is 0.436 e. The molecule has 0 N–H and O–H groups in total. The molecule has 0 amide bonds. The summed E-state index contributed by atoms with van der Waals surface area (Å²) in [7, 11) is 1.85. The van der Waals surface area contributed by atoms with Crippen LogP contribution in [0.1, 0.15) is 20.8 Å². The van der Waals surface area contributed by atoms with Crippen LogP contribution < -0.4 is 4.74 Å². The number of nitrogens with zero attached hydrogens (tertiary/aromatic N) is 2. The Morgan fingerprint density at radius 3 is 2.58 bits per heavy atom. The molecule has 3 nitrogen and oxygen atoms in total. The van der Waals surface area contributed by atoms with Gasteiger partial charge in [0, 0.05) is 29.0 Å². The van der Waals surface area contributed by atoms with Gasteiger partial charge in [-0.2, -0.15) is 0 Å². The van der Waals surface area contributed by atoms with Gasteiger partial charge in [-0.1, -0.05) is 38.4 Å². The van der Waals surface area contributed by atoms with Crippen LogP contribution >= 0.6 is 23.4 Å². The van der Waals surface area contributed by atoms with Crippen molar-refractivity contribution in [2.45, 2.75) is 30.4 Å². The van der Waals surface area contributed by atoms with E-state index in [0.717, 1.165) is 4.90 Å². The fourth-order valence-electron chi connectivity index (χ4n) is 1.54. The van der Waals surface area contributed by atoms with Crippen molar-refractivity contribution in [1.82, 2.24) is 9.78 Å². The van der Waals surface area contributed by atoms with Crippen molar-refractivity contribution in [3.63, 3.8) is 0 Å². The average Bonchev–Trinajstić information content (AvgIpc) is 2.68. The highest BCUT2D eigenvalue weighted by Crippen LogP contribution is 2.41. The first-order valence-corrected chi connectivity index (χ1v) is 7.19. The van der Waals surface area contributed by atoms with E-state index in [1.807, 2.05) is 31.4 Å². The zero-order valence-corrected chi connectivity index (χ0v) is 13.0. The summed E-state index contributed by atoms with van der Waals surface area (Å²) < 4.78 is 7.50. The number of benzene rings is 1. The second kappa shape index (κ2) is 5.47. The van der Waals surface area contributed by atoms with Crippen LogP contribution in [0.25, 0.3) is 0 Å². The molecule has 0 bridgehead atoms. The highest BCUT2D eigenvalue weighted by molar-refractivity contribution is 8.00. The Labute approximate surface area is 122 Å². The molecule has 0 radical (unpaired) electrons. The van der Waals surface area contributed by atoms with Crippen molar-refractivity contribution in [3.8, 4) is 11.6 Å². The number of halogens is 1. The molecule has 102 valence electrons. The standard InChI is InChI=1S/C14H17ClN2OS/c1-14(2,3)19-11-7-5-6-10(13(11)15)18-12-8-9-17(4)16-12/h5-9H,1-4H3. The molecule has 0 saturated carbocycles. The van der Waals surface area contributed by atoms with Crippen molar-refractivity contribution in [3.05, 3.63) is 35.5 Å². The lowest BCUT2D eigenvalue weighted by atomic mass is 10.3. The van der Waals surface area contributed by atoms with Gasteiger partial charge < -0.3 is 4.74 Å². The molecule has 2 rings (SSSR count). The Hall–Kier alpha value is -1.13. The molecule has 1 heterocycles. The van der Waals surface area contributed by atoms with E-state index in [1.165, 1.54) is 0 Å². The van der Waals surface area contributed by atoms with Crippen molar-refractivity contribution < 1.29 is 4.74 Å². The molecule has 1 aromatic heterocycles. The van der Waals surface area contributed by atoms with Crippen LogP contribution in [0.2, 0.25) is 5.02 Å². The molecule has 0 atom stereocenters. The molecule has 0 saturated heterocycles. The topological polar surface area (TPSA) is 27.1 Å². The third kappa shape index (κ3) is 3.91. The van der Waals surface area contributed by atoms with Gasteiger partial charge in [-0.05, 0) is 12.1 Å². The van der Waals surface area contributed by atoms with Crippen LogP contribution in [-0.2, 0) is 7.05 Å². The maximum atomic E-state index is 6.39. The fraction of sp³-hybridized carbons (Fsp3) is 0.357. The Balaban J connectivity index is 2.24. The number of ether oxygens (including phenoxy) is 1. The van der Waals surface area contributed by atoms with Crippen LogP contribution in [0.3, 0.4) is 0 Å². The van der Waals surface area contributed by atoms with Crippen LogP contribution in [-0.4, -0.2) is 14.5 Å². The normalized spacial score (nSPS) is 11.6. The van der Waals surface area contributed by atoms with Gasteiger partial charge >= 0.3 is 0 Å². The molecular weight excluding hydrogens is 280 g/mol. The Morgan fingerprint density at radius 1 is 1.26 bits per heavy atom. The quantitative estimate of drug-likeness (QED) is 0.764. The third-order valence-corrected chi connectivity index (χ3v) is 3.92. The lowest BCUT2D eigenvalue weighted by molar-refractivity contribution is 0.453. The summed E-state index contributed by atoms with van der Waals surface area (Å²) in [6.07, 6.45) is 1.83. The molecule has 0 fully saturated rings.